The van der Waals surface area contributed by atoms with Crippen LogP contribution in [0.5, 0.6) is 0 Å². The summed E-state index contributed by atoms with van der Waals surface area (Å²) in [5.41, 5.74) is 6.75. The maximum Gasteiger partial charge on any atom is 0.410 e. The summed E-state index contributed by atoms with van der Waals surface area (Å²) in [5, 5.41) is 0. The Morgan fingerprint density at radius 1 is 1.42 bits per heavy atom. The Balaban J connectivity index is 1.73. The zero-order valence-corrected chi connectivity index (χ0v) is 14.3. The van der Waals surface area contributed by atoms with Crippen LogP contribution < -0.4 is 10.6 Å². The monoisotopic (exact) mass is 333 g/mol. The number of carbonyl (C=O) groups excluding carboxylic acids is 2. The molecule has 0 saturated carbocycles. The van der Waals surface area contributed by atoms with Gasteiger partial charge < -0.3 is 10.5 Å². The molecule has 1 aromatic rings. The fraction of sp³-hybridized carbons (Fsp3) is 0.625. The van der Waals surface area contributed by atoms with Gasteiger partial charge in [0.1, 0.15) is 5.60 Å². The molecule has 2 N–H and O–H groups in total. The molecular formula is C16H23N5O3. The van der Waals surface area contributed by atoms with E-state index in [-0.39, 0.29) is 17.9 Å². The van der Waals surface area contributed by atoms with Crippen molar-refractivity contribution >= 4 is 17.9 Å². The van der Waals surface area contributed by atoms with E-state index < -0.39 is 5.60 Å². The van der Waals surface area contributed by atoms with E-state index in [1.807, 2.05) is 20.8 Å². The van der Waals surface area contributed by atoms with E-state index in [4.69, 9.17) is 10.5 Å². The molecule has 8 heteroatoms. The minimum Gasteiger partial charge on any atom is -0.444 e. The van der Waals surface area contributed by atoms with Gasteiger partial charge in [0.15, 0.2) is 0 Å². The third-order valence-corrected chi connectivity index (χ3v) is 4.07. The number of hydrogen-bond acceptors (Lipinski definition) is 6. The summed E-state index contributed by atoms with van der Waals surface area (Å²) in [6.07, 6.45) is 1.74. The fourth-order valence-corrected chi connectivity index (χ4v) is 2.86. The lowest BCUT2D eigenvalue weighted by molar-refractivity contribution is -0.117. The summed E-state index contributed by atoms with van der Waals surface area (Å²) in [6.45, 7) is 7.30. The summed E-state index contributed by atoms with van der Waals surface area (Å²) in [4.78, 5) is 36.2. The first kappa shape index (κ1) is 16.6. The van der Waals surface area contributed by atoms with Crippen molar-refractivity contribution in [2.75, 3.05) is 18.0 Å². The molecule has 130 valence electrons. The number of anilines is 1. The Hall–Kier alpha value is -2.22. The van der Waals surface area contributed by atoms with E-state index in [0.29, 0.717) is 38.5 Å². The zero-order valence-electron chi connectivity index (χ0n) is 14.3. The molecule has 2 aliphatic rings. The van der Waals surface area contributed by atoms with Crippen LogP contribution >= 0.6 is 0 Å². The lowest BCUT2D eigenvalue weighted by Crippen LogP contribution is -2.33. The highest BCUT2D eigenvalue weighted by atomic mass is 16.6. The topological polar surface area (TPSA) is 102 Å². The number of nitrogens with two attached hydrogens (primary N) is 1. The quantitative estimate of drug-likeness (QED) is 0.867. The average molecular weight is 333 g/mol. The van der Waals surface area contributed by atoms with Gasteiger partial charge in [-0.3, -0.25) is 14.6 Å². The van der Waals surface area contributed by atoms with Gasteiger partial charge in [-0.15, -0.1) is 0 Å². The van der Waals surface area contributed by atoms with Gasteiger partial charge in [0.25, 0.3) is 0 Å². The third-order valence-electron chi connectivity index (χ3n) is 4.07. The van der Waals surface area contributed by atoms with Crippen molar-refractivity contribution in [1.82, 2.24) is 14.9 Å². The number of fused-ring (bicyclic) bond motifs is 1. The lowest BCUT2D eigenvalue weighted by atomic mass is 10.1. The first-order valence-corrected chi connectivity index (χ1v) is 8.10. The second-order valence-corrected chi connectivity index (χ2v) is 7.29. The van der Waals surface area contributed by atoms with Gasteiger partial charge in [0.05, 0.1) is 18.8 Å². The first-order valence-electron chi connectivity index (χ1n) is 8.10. The standard InChI is InChI=1S/C16H23N5O3/c1-16(2,3)24-15(23)20-8-11-6-18-14(19-12(11)9-20)21-7-10(5-17)4-13(21)22/h6,10H,4-5,7-9,17H2,1-3H3. The number of ether oxygens (including phenoxy) is 1. The second kappa shape index (κ2) is 6.01. The Kier molecular flexibility index (Phi) is 4.16. The molecule has 8 nitrogen and oxygen atoms in total. The highest BCUT2D eigenvalue weighted by molar-refractivity contribution is 5.94. The van der Waals surface area contributed by atoms with E-state index in [9.17, 15) is 9.59 Å². The minimum absolute atomic E-state index is 0.00704. The van der Waals surface area contributed by atoms with Crippen LogP contribution in [0.2, 0.25) is 0 Å². The number of amides is 2. The van der Waals surface area contributed by atoms with Gasteiger partial charge in [-0.1, -0.05) is 0 Å². The summed E-state index contributed by atoms with van der Waals surface area (Å²) in [5.74, 6) is 0.528. The van der Waals surface area contributed by atoms with Crippen molar-refractivity contribution in [1.29, 1.82) is 0 Å². The van der Waals surface area contributed by atoms with Crippen molar-refractivity contribution in [2.45, 2.75) is 45.9 Å². The molecule has 0 radical (unpaired) electrons. The van der Waals surface area contributed by atoms with Crippen LogP contribution in [0, 0.1) is 5.92 Å². The Morgan fingerprint density at radius 2 is 2.17 bits per heavy atom. The maximum absolute atomic E-state index is 12.2. The SMILES string of the molecule is CC(C)(C)OC(=O)N1Cc2cnc(N3CC(CN)CC3=O)nc2C1. The van der Waals surface area contributed by atoms with E-state index in [1.165, 1.54) is 0 Å². The van der Waals surface area contributed by atoms with Crippen LogP contribution in [-0.2, 0) is 22.6 Å². The van der Waals surface area contributed by atoms with E-state index >= 15 is 0 Å². The number of hydrogen-bond donors (Lipinski definition) is 1. The van der Waals surface area contributed by atoms with Gasteiger partial charge in [-0.05, 0) is 33.2 Å². The number of nitrogens with zero attached hydrogens (tertiary/aromatic N) is 4. The van der Waals surface area contributed by atoms with Crippen LogP contribution in [0.25, 0.3) is 0 Å². The molecule has 1 saturated heterocycles. The van der Waals surface area contributed by atoms with Gasteiger partial charge in [-0.2, -0.15) is 0 Å². The molecule has 3 rings (SSSR count). The highest BCUT2D eigenvalue weighted by Crippen LogP contribution is 2.26. The van der Waals surface area contributed by atoms with Crippen LogP contribution in [0.3, 0.4) is 0 Å². The largest absolute Gasteiger partial charge is 0.444 e. The van der Waals surface area contributed by atoms with Gasteiger partial charge in [-0.25, -0.2) is 14.8 Å². The molecule has 2 amide bonds. The molecule has 0 bridgehead atoms. The van der Waals surface area contributed by atoms with Crippen LogP contribution in [-0.4, -0.2) is 45.6 Å². The Bertz CT molecular complexity index is 670. The van der Waals surface area contributed by atoms with E-state index in [2.05, 4.69) is 9.97 Å². The maximum atomic E-state index is 12.2. The van der Waals surface area contributed by atoms with Crippen LogP contribution in [0.1, 0.15) is 38.4 Å². The van der Waals surface area contributed by atoms with Crippen molar-refractivity contribution in [3.63, 3.8) is 0 Å². The molecule has 0 aliphatic carbocycles. The molecule has 1 aromatic heterocycles. The third kappa shape index (κ3) is 3.33. The van der Waals surface area contributed by atoms with E-state index in [0.717, 1.165) is 11.3 Å². The molecular weight excluding hydrogens is 310 g/mol. The summed E-state index contributed by atoms with van der Waals surface area (Å²) >= 11 is 0. The summed E-state index contributed by atoms with van der Waals surface area (Å²) in [7, 11) is 0. The van der Waals surface area contributed by atoms with Crippen molar-refractivity contribution in [2.24, 2.45) is 11.7 Å². The molecule has 1 unspecified atom stereocenters. The summed E-state index contributed by atoms with van der Waals surface area (Å²) in [6, 6.07) is 0. The van der Waals surface area contributed by atoms with Crippen LogP contribution in [0.4, 0.5) is 10.7 Å². The highest BCUT2D eigenvalue weighted by Gasteiger charge is 2.33. The van der Waals surface area contributed by atoms with Crippen LogP contribution in [0.15, 0.2) is 6.20 Å². The van der Waals surface area contributed by atoms with Crippen molar-refractivity contribution in [3.05, 3.63) is 17.5 Å². The van der Waals surface area contributed by atoms with Crippen molar-refractivity contribution in [3.8, 4) is 0 Å². The molecule has 1 fully saturated rings. The first-order chi connectivity index (χ1) is 11.3. The Labute approximate surface area is 141 Å². The smallest absolute Gasteiger partial charge is 0.410 e. The molecule has 3 heterocycles. The van der Waals surface area contributed by atoms with Gasteiger partial charge in [0, 0.05) is 24.7 Å². The van der Waals surface area contributed by atoms with Gasteiger partial charge >= 0.3 is 6.09 Å². The molecule has 24 heavy (non-hydrogen) atoms. The lowest BCUT2D eigenvalue weighted by Gasteiger charge is -2.23. The number of rotatable bonds is 2. The number of aromatic nitrogens is 2. The molecule has 2 aliphatic heterocycles. The normalized spacial score (nSPS) is 20.5. The van der Waals surface area contributed by atoms with Gasteiger partial charge in [0.2, 0.25) is 11.9 Å². The zero-order chi connectivity index (χ0) is 17.5. The number of carbonyl (C=O) groups is 2. The fourth-order valence-electron chi connectivity index (χ4n) is 2.86. The second-order valence-electron chi connectivity index (χ2n) is 7.29. The Morgan fingerprint density at radius 3 is 2.79 bits per heavy atom. The van der Waals surface area contributed by atoms with Crippen molar-refractivity contribution < 1.29 is 14.3 Å². The molecule has 0 spiro atoms. The minimum atomic E-state index is -0.540. The molecule has 0 aromatic carbocycles. The average Bonchev–Trinajstić information content (AvgIpc) is 3.07. The summed E-state index contributed by atoms with van der Waals surface area (Å²) < 4.78 is 5.39. The predicted octanol–water partition coefficient (Wildman–Crippen LogP) is 1.04. The van der Waals surface area contributed by atoms with E-state index in [1.54, 1.807) is 16.0 Å². The molecule has 1 atom stereocenters. The predicted molar refractivity (Wildman–Crippen MR) is 87.0 cm³/mol.